The number of hydrogen-bond acceptors (Lipinski definition) is 11. The van der Waals surface area contributed by atoms with Crippen LogP contribution in [-0.2, 0) is 28.1 Å². The average Bonchev–Trinajstić information content (AvgIpc) is 3.79. The number of unbranched alkanes of at least 4 members (excludes halogenated alkanes) is 4. The van der Waals surface area contributed by atoms with Crippen molar-refractivity contribution >= 4 is 32.9 Å². The van der Waals surface area contributed by atoms with E-state index in [0.717, 1.165) is 32.1 Å². The van der Waals surface area contributed by atoms with E-state index in [1.54, 1.807) is 0 Å². The molecule has 2 aromatic carbocycles. The summed E-state index contributed by atoms with van der Waals surface area (Å²) in [7, 11) is -0.312. The van der Waals surface area contributed by atoms with Crippen LogP contribution in [0.5, 0.6) is 0 Å². The Balaban J connectivity index is 0.00000265. The van der Waals surface area contributed by atoms with Gasteiger partial charge in [-0.3, -0.25) is 28.9 Å². The summed E-state index contributed by atoms with van der Waals surface area (Å²) < 4.78 is 41.4. The lowest BCUT2D eigenvalue weighted by atomic mass is 9.98. The molecular formula is C44H62N5O9P. The molecule has 2 aliphatic rings. The molecular weight excluding hydrogens is 773 g/mol. The van der Waals surface area contributed by atoms with E-state index in [2.05, 4.69) is 49.3 Å². The van der Waals surface area contributed by atoms with Gasteiger partial charge in [0.1, 0.15) is 12.8 Å². The number of benzene rings is 2. The van der Waals surface area contributed by atoms with Crippen LogP contribution >= 0.6 is 8.53 Å². The van der Waals surface area contributed by atoms with Crippen molar-refractivity contribution in [3.8, 4) is 11.1 Å². The van der Waals surface area contributed by atoms with E-state index in [9.17, 15) is 19.2 Å². The molecule has 2 heterocycles. The van der Waals surface area contributed by atoms with E-state index in [1.165, 1.54) is 58.7 Å². The molecule has 3 N–H and O–H groups in total. The minimum absolute atomic E-state index is 0.0532. The number of esters is 1. The second kappa shape index (κ2) is 24.0. The zero-order valence-electron chi connectivity index (χ0n) is 37.1. The molecule has 0 bridgehead atoms. The summed E-state index contributed by atoms with van der Waals surface area (Å²) >= 11 is 0. The monoisotopic (exact) mass is 838 g/mol. The zero-order valence-corrected chi connectivity index (χ0v) is 36.0. The van der Waals surface area contributed by atoms with Crippen LogP contribution < -0.4 is 16.6 Å². The number of fused-ring (bicyclic) bond motifs is 3. The van der Waals surface area contributed by atoms with Crippen LogP contribution in [-0.4, -0.2) is 90.1 Å². The third-order valence-electron chi connectivity index (χ3n) is 10.00. The number of amides is 1. The van der Waals surface area contributed by atoms with E-state index in [4.69, 9.17) is 21.3 Å². The lowest BCUT2D eigenvalue weighted by Gasteiger charge is -2.36. The van der Waals surface area contributed by atoms with Crippen LogP contribution in [0.25, 0.3) is 17.2 Å². The zero-order chi connectivity index (χ0) is 44.3. The third kappa shape index (κ3) is 13.3. The Morgan fingerprint density at radius 2 is 1.73 bits per heavy atom. The quantitative estimate of drug-likeness (QED) is 0.0251. The van der Waals surface area contributed by atoms with Crippen molar-refractivity contribution in [1.29, 1.82) is 1.43 Å². The first-order valence-corrected chi connectivity index (χ1v) is 21.6. The number of aliphatic imine (C=N–C) groups is 1. The predicted octanol–water partition coefficient (Wildman–Crippen LogP) is 7.07. The summed E-state index contributed by atoms with van der Waals surface area (Å²) in [6.45, 7) is 11.3. The molecule has 0 radical (unpaired) electrons. The Morgan fingerprint density at radius 3 is 2.37 bits per heavy atom. The molecule has 14 nitrogen and oxygen atoms in total. The van der Waals surface area contributed by atoms with Crippen molar-refractivity contribution < 1.29 is 34.6 Å². The smallest absolute Gasteiger partial charge is 0.330 e. The molecule has 0 saturated carbocycles. The van der Waals surface area contributed by atoms with Gasteiger partial charge >= 0.3 is 20.2 Å². The second-order valence-electron chi connectivity index (χ2n) is 14.8. The van der Waals surface area contributed by atoms with Gasteiger partial charge in [-0.15, -0.1) is 0 Å². The lowest BCUT2D eigenvalue weighted by Crippen LogP contribution is -2.35. The molecule has 1 fully saturated rings. The van der Waals surface area contributed by atoms with E-state index in [-0.39, 0.29) is 48.8 Å². The maximum Gasteiger partial charge on any atom is 0.330 e. The Kier molecular flexibility index (Phi) is 17.9. The van der Waals surface area contributed by atoms with Crippen molar-refractivity contribution in [3.05, 3.63) is 98.3 Å². The van der Waals surface area contributed by atoms with E-state index in [1.807, 2.05) is 58.9 Å². The van der Waals surface area contributed by atoms with Gasteiger partial charge in [0.25, 0.3) is 5.56 Å². The maximum absolute atomic E-state index is 12.9. The van der Waals surface area contributed by atoms with Gasteiger partial charge in [-0.2, -0.15) is 0 Å². The minimum atomic E-state index is -1.60. The number of carbonyl (C=O) groups excluding carboxylic acids is 2. The van der Waals surface area contributed by atoms with Gasteiger partial charge in [0.15, 0.2) is 6.40 Å². The normalized spacial score (nSPS) is 18.4. The van der Waals surface area contributed by atoms with Crippen LogP contribution in [0.2, 0.25) is 0 Å². The number of aromatic nitrogens is 2. The van der Waals surface area contributed by atoms with Crippen molar-refractivity contribution in [3.63, 3.8) is 0 Å². The SMILES string of the molecule is [2H]C[C@H]1O[C@@H](n2cc(/C=C/C(=O)NCCCCCCCC(=O)OCC3c4ccccc4-c4ccccc43)c(=O)[nH]c2=O)CC1OP(OC=NCC)N(C(C)C)C(C)C.[3H]OC. The Morgan fingerprint density at radius 1 is 1.08 bits per heavy atom. The highest BCUT2D eigenvalue weighted by atomic mass is 31.2. The first kappa shape index (κ1) is 44.1. The third-order valence-corrected chi connectivity index (χ3v) is 12.0. The largest absolute Gasteiger partial charge is 0.465 e. The molecule has 4 atom stereocenters. The molecule has 1 aliphatic carbocycles. The van der Waals surface area contributed by atoms with E-state index >= 15 is 0 Å². The molecule has 1 saturated heterocycles. The number of hydrogen-bond donors (Lipinski definition) is 3. The summed E-state index contributed by atoms with van der Waals surface area (Å²) in [6.07, 6.45) is 8.18. The topological polar surface area (TPSA) is 174 Å². The van der Waals surface area contributed by atoms with Crippen molar-refractivity contribution in [2.45, 2.75) is 123 Å². The van der Waals surface area contributed by atoms with Crippen LogP contribution in [0.15, 0.2) is 75.4 Å². The minimum Gasteiger partial charge on any atom is -0.465 e. The molecule has 0 spiro atoms. The molecule has 5 rings (SSSR count). The highest BCUT2D eigenvalue weighted by Crippen LogP contribution is 2.49. The standard InChI is InChI=1S/C43H58N5O8P.CH4O/c1-7-44-28-54-57(48(29(2)3)30(4)5)56-38-25-40(55-31(38)6)47-26-32(42(51)46-43(47)52)22-23-39(49)45-24-16-10-8-9-11-21-41(50)53-27-37-35-19-14-12-17-33(35)34-18-13-15-20-36(34)37;1-2/h12-15,17-20,22-23,26,28-31,37-38,40H,7-11,16,21,24-25,27H2,1-6H3,(H,45,49)(H,46,51,52);2H,1H3/b23-22+,44-28?;/t31-,38?,40-,57?;/m1./s1/i6D;2T. The fraction of sp³-hybridized carbons (Fsp3) is 0.523. The van der Waals surface area contributed by atoms with Gasteiger partial charge in [-0.25, -0.2) is 9.46 Å². The van der Waals surface area contributed by atoms with E-state index in [0.29, 0.717) is 26.1 Å². The van der Waals surface area contributed by atoms with Gasteiger partial charge in [-0.05, 0) is 82.7 Å². The highest BCUT2D eigenvalue weighted by Gasteiger charge is 2.40. The van der Waals surface area contributed by atoms with Crippen LogP contribution in [0, 0.1) is 0 Å². The van der Waals surface area contributed by atoms with Crippen molar-refractivity contribution in [1.82, 2.24) is 19.5 Å². The Labute approximate surface area is 351 Å². The van der Waals surface area contributed by atoms with Gasteiger partial charge in [0.05, 0.1) is 17.8 Å². The summed E-state index contributed by atoms with van der Waals surface area (Å²) in [5.41, 5.74) is 3.60. The number of carbonyl (C=O) groups is 2. The van der Waals surface area contributed by atoms with Crippen LogP contribution in [0.1, 0.15) is 117 Å². The number of aliphatic hydroxyl groups excluding tert-OH is 1. The van der Waals surface area contributed by atoms with Gasteiger partial charge in [0.2, 0.25) is 7.34 Å². The molecule has 2 unspecified atom stereocenters. The molecule has 15 heteroatoms. The van der Waals surface area contributed by atoms with Crippen LogP contribution in [0.4, 0.5) is 0 Å². The molecule has 322 valence electrons. The lowest BCUT2D eigenvalue weighted by molar-refractivity contribution is -0.144. The number of rotatable bonds is 21. The number of H-pyrrole nitrogens is 1. The van der Waals surface area contributed by atoms with Crippen LogP contribution in [0.3, 0.4) is 0 Å². The Hall–Kier alpha value is -4.46. The van der Waals surface area contributed by atoms with E-state index < -0.39 is 38.2 Å². The second-order valence-corrected chi connectivity index (χ2v) is 16.2. The number of ether oxygens (including phenoxy) is 2. The predicted molar refractivity (Wildman–Crippen MR) is 232 cm³/mol. The van der Waals surface area contributed by atoms with Crippen molar-refractivity contribution in [2.24, 2.45) is 4.99 Å². The maximum atomic E-state index is 12.9. The molecule has 1 amide bonds. The molecule has 3 aromatic rings. The highest BCUT2D eigenvalue weighted by molar-refractivity contribution is 7.45. The summed E-state index contributed by atoms with van der Waals surface area (Å²) in [4.78, 5) is 57.2. The summed E-state index contributed by atoms with van der Waals surface area (Å²) in [6, 6.07) is 16.8. The van der Waals surface area contributed by atoms with Gasteiger partial charge < -0.3 is 28.9 Å². The fourth-order valence-corrected chi connectivity index (χ4v) is 8.86. The summed E-state index contributed by atoms with van der Waals surface area (Å²) in [5.74, 6) is -0.501. The number of nitrogens with one attached hydrogen (secondary N) is 2. The first-order chi connectivity index (χ1) is 29.4. The number of aliphatic hydroxyl groups is 1. The van der Waals surface area contributed by atoms with Gasteiger partial charge in [-0.1, -0.05) is 67.8 Å². The van der Waals surface area contributed by atoms with Gasteiger partial charge in [0, 0.05) is 64.7 Å². The molecule has 1 aromatic heterocycles. The average molecular weight is 839 g/mol. The fourth-order valence-electron chi connectivity index (χ4n) is 7.24. The first-order valence-electron chi connectivity index (χ1n) is 21.5. The number of nitrogens with zero attached hydrogens (tertiary/aromatic N) is 3. The Bertz CT molecular complexity index is 1970. The number of aromatic amines is 1. The summed E-state index contributed by atoms with van der Waals surface area (Å²) in [5, 5.41) is 6.33. The molecule has 59 heavy (non-hydrogen) atoms. The van der Waals surface area contributed by atoms with Crippen molar-refractivity contribution in [2.75, 3.05) is 26.8 Å². The molecule has 1 aliphatic heterocycles.